The Morgan fingerprint density at radius 1 is 1.15 bits per heavy atom. The van der Waals surface area contributed by atoms with Crippen LogP contribution in [0, 0.1) is 6.92 Å². The van der Waals surface area contributed by atoms with Gasteiger partial charge < -0.3 is 9.88 Å². The molecule has 1 unspecified atom stereocenters. The summed E-state index contributed by atoms with van der Waals surface area (Å²) in [4.78, 5) is 12.4. The molecule has 2 aromatic carbocycles. The van der Waals surface area contributed by atoms with Gasteiger partial charge in [-0.05, 0) is 31.0 Å². The smallest absolute Gasteiger partial charge is 0.230 e. The number of carbonyl (C=O) groups is 1. The highest BCUT2D eigenvalue weighted by molar-refractivity contribution is 9.10. The lowest BCUT2D eigenvalue weighted by molar-refractivity contribution is -0.119. The first-order valence-electron chi connectivity index (χ1n) is 8.65. The third kappa shape index (κ3) is 5.20. The second kappa shape index (κ2) is 9.19. The van der Waals surface area contributed by atoms with E-state index in [0.29, 0.717) is 12.3 Å². The first kappa shape index (κ1) is 19.6. The van der Waals surface area contributed by atoms with Gasteiger partial charge in [0.05, 0.1) is 18.3 Å². The van der Waals surface area contributed by atoms with Gasteiger partial charge in [-0.1, -0.05) is 76.2 Å². The van der Waals surface area contributed by atoms with Crippen LogP contribution in [0.5, 0.6) is 0 Å². The molecule has 0 aliphatic heterocycles. The first-order chi connectivity index (χ1) is 13.0. The van der Waals surface area contributed by atoms with Crippen molar-refractivity contribution in [3.8, 4) is 0 Å². The average molecular weight is 445 g/mol. The second-order valence-electron chi connectivity index (χ2n) is 6.20. The molecule has 1 amide bonds. The van der Waals surface area contributed by atoms with Gasteiger partial charge in [-0.2, -0.15) is 0 Å². The molecule has 3 rings (SSSR count). The summed E-state index contributed by atoms with van der Waals surface area (Å²) in [7, 11) is 0. The van der Waals surface area contributed by atoms with Gasteiger partial charge in [-0.15, -0.1) is 10.2 Å². The normalized spacial score (nSPS) is 12.0. The number of rotatable bonds is 7. The minimum atomic E-state index is -0.0717. The molecule has 27 heavy (non-hydrogen) atoms. The average Bonchev–Trinajstić information content (AvgIpc) is 3.01. The molecule has 140 valence electrons. The van der Waals surface area contributed by atoms with E-state index in [1.54, 1.807) is 0 Å². The first-order valence-corrected chi connectivity index (χ1v) is 10.4. The number of amides is 1. The lowest BCUT2D eigenvalue weighted by Crippen LogP contribution is -2.28. The highest BCUT2D eigenvalue weighted by Crippen LogP contribution is 2.23. The fraction of sp³-hybridized carbons (Fsp3) is 0.250. The molecule has 0 aliphatic rings. The minimum absolute atomic E-state index is 0.0323. The predicted molar refractivity (Wildman–Crippen MR) is 112 cm³/mol. The molecule has 7 heteroatoms. The van der Waals surface area contributed by atoms with Crippen molar-refractivity contribution in [2.45, 2.75) is 31.6 Å². The van der Waals surface area contributed by atoms with Gasteiger partial charge in [-0.3, -0.25) is 4.79 Å². The number of halogens is 1. The quantitative estimate of drug-likeness (QED) is 0.549. The molecule has 0 radical (unpaired) electrons. The molecule has 5 nitrogen and oxygen atoms in total. The third-order valence-corrected chi connectivity index (χ3v) is 5.86. The number of nitrogens with one attached hydrogen (secondary N) is 1. The molecule has 1 N–H and O–H groups in total. The molecule has 0 bridgehead atoms. The fourth-order valence-electron chi connectivity index (χ4n) is 2.73. The monoisotopic (exact) mass is 444 g/mol. The number of aryl methyl sites for hydroxylation is 1. The zero-order valence-corrected chi connectivity index (χ0v) is 17.6. The SMILES string of the molecule is Cc1nnc(SCC(=O)NC(C)c2ccccc2Br)n1Cc1ccccc1. The van der Waals surface area contributed by atoms with E-state index in [-0.39, 0.29) is 11.9 Å². The largest absolute Gasteiger partial charge is 0.349 e. The van der Waals surface area contributed by atoms with Gasteiger partial charge in [0.1, 0.15) is 5.82 Å². The van der Waals surface area contributed by atoms with Crippen LogP contribution < -0.4 is 5.32 Å². The van der Waals surface area contributed by atoms with Crippen molar-refractivity contribution >= 4 is 33.6 Å². The van der Waals surface area contributed by atoms with Crippen LogP contribution >= 0.6 is 27.7 Å². The molecule has 0 spiro atoms. The van der Waals surface area contributed by atoms with Gasteiger partial charge in [0.25, 0.3) is 0 Å². The molecule has 1 heterocycles. The van der Waals surface area contributed by atoms with Gasteiger partial charge in [-0.25, -0.2) is 0 Å². The number of benzene rings is 2. The van der Waals surface area contributed by atoms with E-state index in [0.717, 1.165) is 21.0 Å². The van der Waals surface area contributed by atoms with Crippen LogP contribution in [0.2, 0.25) is 0 Å². The Bertz CT molecular complexity index is 913. The highest BCUT2D eigenvalue weighted by Gasteiger charge is 2.15. The molecule has 1 aromatic heterocycles. The number of hydrogen-bond acceptors (Lipinski definition) is 4. The zero-order chi connectivity index (χ0) is 19.2. The van der Waals surface area contributed by atoms with E-state index >= 15 is 0 Å². The third-order valence-electron chi connectivity index (χ3n) is 4.17. The molecular formula is C20H21BrN4OS. The van der Waals surface area contributed by atoms with Crippen molar-refractivity contribution in [1.29, 1.82) is 0 Å². The van der Waals surface area contributed by atoms with Crippen LogP contribution in [0.1, 0.15) is 29.9 Å². The Hall–Kier alpha value is -2.12. The summed E-state index contributed by atoms with van der Waals surface area (Å²) in [6.07, 6.45) is 0. The van der Waals surface area contributed by atoms with Crippen LogP contribution in [0.4, 0.5) is 0 Å². The van der Waals surface area contributed by atoms with Crippen molar-refractivity contribution in [3.05, 3.63) is 76.0 Å². The summed E-state index contributed by atoms with van der Waals surface area (Å²) in [5, 5.41) is 12.2. The zero-order valence-electron chi connectivity index (χ0n) is 15.2. The highest BCUT2D eigenvalue weighted by atomic mass is 79.9. The number of aromatic nitrogens is 3. The lowest BCUT2D eigenvalue weighted by atomic mass is 10.1. The predicted octanol–water partition coefficient (Wildman–Crippen LogP) is 4.37. The Labute approximate surface area is 171 Å². The van der Waals surface area contributed by atoms with Gasteiger partial charge in [0.2, 0.25) is 5.91 Å². The molecule has 1 atom stereocenters. The molecule has 0 aliphatic carbocycles. The van der Waals surface area contributed by atoms with E-state index in [1.807, 2.05) is 60.9 Å². The van der Waals surface area contributed by atoms with E-state index < -0.39 is 0 Å². The summed E-state index contributed by atoms with van der Waals surface area (Å²) in [6.45, 7) is 4.59. The van der Waals surface area contributed by atoms with Gasteiger partial charge in [0, 0.05) is 4.47 Å². The Morgan fingerprint density at radius 2 is 1.85 bits per heavy atom. The van der Waals surface area contributed by atoms with Gasteiger partial charge >= 0.3 is 0 Å². The molecule has 0 saturated heterocycles. The number of thioether (sulfide) groups is 1. The molecule has 0 saturated carbocycles. The van der Waals surface area contributed by atoms with Crippen molar-refractivity contribution in [2.24, 2.45) is 0 Å². The van der Waals surface area contributed by atoms with Crippen LogP contribution in [-0.2, 0) is 11.3 Å². The van der Waals surface area contributed by atoms with Gasteiger partial charge in [0.15, 0.2) is 5.16 Å². The van der Waals surface area contributed by atoms with Crippen molar-refractivity contribution < 1.29 is 4.79 Å². The van der Waals surface area contributed by atoms with Crippen LogP contribution in [0.25, 0.3) is 0 Å². The fourth-order valence-corrected chi connectivity index (χ4v) is 4.16. The number of carbonyl (C=O) groups excluding carboxylic acids is 1. The van der Waals surface area contributed by atoms with Crippen LogP contribution in [0.3, 0.4) is 0 Å². The number of nitrogens with zero attached hydrogens (tertiary/aromatic N) is 3. The van der Waals surface area contributed by atoms with E-state index in [4.69, 9.17) is 0 Å². The maximum atomic E-state index is 12.4. The standard InChI is InChI=1S/C20H21BrN4OS/c1-14(17-10-6-7-11-18(17)21)22-19(26)13-27-20-24-23-15(2)25(20)12-16-8-4-3-5-9-16/h3-11,14H,12-13H2,1-2H3,(H,22,26). The molecule has 0 fully saturated rings. The summed E-state index contributed by atoms with van der Waals surface area (Å²) in [5.41, 5.74) is 2.23. The molecule has 3 aromatic rings. The Kier molecular flexibility index (Phi) is 6.68. The number of hydrogen-bond donors (Lipinski definition) is 1. The molecular weight excluding hydrogens is 424 g/mol. The maximum Gasteiger partial charge on any atom is 0.230 e. The summed E-state index contributed by atoms with van der Waals surface area (Å²) >= 11 is 4.93. The maximum absolute atomic E-state index is 12.4. The summed E-state index contributed by atoms with van der Waals surface area (Å²) in [5.74, 6) is 1.10. The summed E-state index contributed by atoms with van der Waals surface area (Å²) < 4.78 is 3.02. The van der Waals surface area contributed by atoms with E-state index in [1.165, 1.54) is 17.3 Å². The lowest BCUT2D eigenvalue weighted by Gasteiger charge is -2.15. The van der Waals surface area contributed by atoms with Crippen LogP contribution in [0.15, 0.2) is 64.2 Å². The van der Waals surface area contributed by atoms with Crippen molar-refractivity contribution in [1.82, 2.24) is 20.1 Å². The Balaban J connectivity index is 1.60. The van der Waals surface area contributed by atoms with Crippen LogP contribution in [-0.4, -0.2) is 26.4 Å². The minimum Gasteiger partial charge on any atom is -0.349 e. The van der Waals surface area contributed by atoms with Crippen molar-refractivity contribution in [2.75, 3.05) is 5.75 Å². The van der Waals surface area contributed by atoms with E-state index in [2.05, 4.69) is 43.6 Å². The van der Waals surface area contributed by atoms with E-state index in [9.17, 15) is 4.79 Å². The Morgan fingerprint density at radius 3 is 2.59 bits per heavy atom. The summed E-state index contributed by atoms with van der Waals surface area (Å²) in [6, 6.07) is 18.0. The van der Waals surface area contributed by atoms with Crippen molar-refractivity contribution in [3.63, 3.8) is 0 Å². The second-order valence-corrected chi connectivity index (χ2v) is 8.00. The topological polar surface area (TPSA) is 59.8 Å².